The molecule has 1 aromatic carbocycles. The summed E-state index contributed by atoms with van der Waals surface area (Å²) < 4.78 is 5.12. The van der Waals surface area contributed by atoms with Gasteiger partial charge in [-0.15, -0.1) is 11.3 Å². The van der Waals surface area contributed by atoms with Crippen LogP contribution in [0, 0.1) is 6.92 Å². The Balaban J connectivity index is 1.61. The first-order chi connectivity index (χ1) is 12.1. The third-order valence-corrected chi connectivity index (χ3v) is 5.28. The largest absolute Gasteiger partial charge is 0.380 e. The molecule has 5 nitrogen and oxygen atoms in total. The molecule has 0 radical (unpaired) electrons. The number of piperazine rings is 1. The third-order valence-electron chi connectivity index (χ3n) is 4.29. The SMILES string of the molecule is COCc1cccc(C(=O)N2CCN(C(=O)c3ccc(C)s3)CC2)c1. The van der Waals surface area contributed by atoms with Gasteiger partial charge in [-0.1, -0.05) is 12.1 Å². The van der Waals surface area contributed by atoms with Gasteiger partial charge in [-0.3, -0.25) is 9.59 Å². The molecular weight excluding hydrogens is 336 g/mol. The molecule has 3 rings (SSSR count). The van der Waals surface area contributed by atoms with E-state index >= 15 is 0 Å². The van der Waals surface area contributed by atoms with Crippen LogP contribution in [0.1, 0.15) is 30.5 Å². The Morgan fingerprint density at radius 1 is 1.04 bits per heavy atom. The summed E-state index contributed by atoms with van der Waals surface area (Å²) in [5.41, 5.74) is 1.65. The van der Waals surface area contributed by atoms with Gasteiger partial charge in [-0.05, 0) is 36.8 Å². The third kappa shape index (κ3) is 4.08. The molecule has 2 heterocycles. The number of carbonyl (C=O) groups excluding carboxylic acids is 2. The number of hydrogen-bond donors (Lipinski definition) is 0. The molecule has 1 aliphatic heterocycles. The summed E-state index contributed by atoms with van der Waals surface area (Å²) >= 11 is 1.52. The summed E-state index contributed by atoms with van der Waals surface area (Å²) in [5, 5.41) is 0. The fourth-order valence-corrected chi connectivity index (χ4v) is 3.80. The number of rotatable bonds is 4. The van der Waals surface area contributed by atoms with Crippen LogP contribution in [0.3, 0.4) is 0 Å². The monoisotopic (exact) mass is 358 g/mol. The first-order valence-corrected chi connectivity index (χ1v) is 9.13. The maximum atomic E-state index is 12.7. The van der Waals surface area contributed by atoms with Crippen LogP contribution in [0.25, 0.3) is 0 Å². The van der Waals surface area contributed by atoms with Crippen molar-refractivity contribution in [3.8, 4) is 0 Å². The van der Waals surface area contributed by atoms with E-state index in [0.29, 0.717) is 38.3 Å². The summed E-state index contributed by atoms with van der Waals surface area (Å²) in [5.74, 6) is 0.0734. The lowest BCUT2D eigenvalue weighted by molar-refractivity contribution is 0.0538. The van der Waals surface area contributed by atoms with Gasteiger partial charge in [-0.25, -0.2) is 0 Å². The van der Waals surface area contributed by atoms with Crippen molar-refractivity contribution in [1.29, 1.82) is 0 Å². The van der Waals surface area contributed by atoms with Gasteiger partial charge in [0.2, 0.25) is 0 Å². The van der Waals surface area contributed by atoms with Gasteiger partial charge in [0.15, 0.2) is 0 Å². The van der Waals surface area contributed by atoms with Gasteiger partial charge < -0.3 is 14.5 Å². The zero-order valence-corrected chi connectivity index (χ0v) is 15.3. The van der Waals surface area contributed by atoms with Crippen LogP contribution in [0.15, 0.2) is 36.4 Å². The van der Waals surface area contributed by atoms with Crippen molar-refractivity contribution >= 4 is 23.2 Å². The summed E-state index contributed by atoms with van der Waals surface area (Å²) in [6.07, 6.45) is 0. The van der Waals surface area contributed by atoms with Crippen molar-refractivity contribution in [1.82, 2.24) is 9.80 Å². The smallest absolute Gasteiger partial charge is 0.264 e. The van der Waals surface area contributed by atoms with E-state index in [1.807, 2.05) is 53.1 Å². The molecule has 0 saturated carbocycles. The van der Waals surface area contributed by atoms with Crippen LogP contribution in [0.5, 0.6) is 0 Å². The number of thiophene rings is 1. The Kier molecular flexibility index (Phi) is 5.50. The van der Waals surface area contributed by atoms with E-state index in [1.165, 1.54) is 11.3 Å². The van der Waals surface area contributed by atoms with Gasteiger partial charge in [-0.2, -0.15) is 0 Å². The fraction of sp³-hybridized carbons (Fsp3) is 0.368. The van der Waals surface area contributed by atoms with Gasteiger partial charge in [0.25, 0.3) is 11.8 Å². The number of methoxy groups -OCH3 is 1. The Labute approximate surface area is 151 Å². The molecular formula is C19H22N2O3S. The first-order valence-electron chi connectivity index (χ1n) is 8.31. The number of carbonyl (C=O) groups is 2. The van der Waals surface area contributed by atoms with E-state index in [-0.39, 0.29) is 11.8 Å². The average molecular weight is 358 g/mol. The van der Waals surface area contributed by atoms with E-state index in [0.717, 1.165) is 15.3 Å². The fourth-order valence-electron chi connectivity index (χ4n) is 2.96. The normalized spacial score (nSPS) is 14.6. The molecule has 1 aromatic heterocycles. The lowest BCUT2D eigenvalue weighted by Gasteiger charge is -2.34. The summed E-state index contributed by atoms with van der Waals surface area (Å²) in [4.78, 5) is 30.7. The maximum absolute atomic E-state index is 12.7. The molecule has 132 valence electrons. The van der Waals surface area contributed by atoms with Gasteiger partial charge in [0, 0.05) is 43.7 Å². The van der Waals surface area contributed by atoms with Crippen molar-refractivity contribution in [2.24, 2.45) is 0 Å². The van der Waals surface area contributed by atoms with Crippen molar-refractivity contribution in [3.05, 3.63) is 57.3 Å². The number of benzene rings is 1. The molecule has 1 aliphatic rings. The van der Waals surface area contributed by atoms with Gasteiger partial charge in [0.1, 0.15) is 0 Å². The molecule has 0 atom stereocenters. The standard InChI is InChI=1S/C19H22N2O3S/c1-14-6-7-17(25-14)19(23)21-10-8-20(9-11-21)18(22)16-5-3-4-15(12-16)13-24-2/h3-7,12H,8-11,13H2,1-2H3. The highest BCUT2D eigenvalue weighted by atomic mass is 32.1. The van der Waals surface area contributed by atoms with Crippen molar-refractivity contribution in [2.75, 3.05) is 33.3 Å². The second-order valence-electron chi connectivity index (χ2n) is 6.13. The zero-order valence-electron chi connectivity index (χ0n) is 14.5. The topological polar surface area (TPSA) is 49.9 Å². The highest BCUT2D eigenvalue weighted by Crippen LogP contribution is 2.19. The summed E-state index contributed by atoms with van der Waals surface area (Å²) in [6, 6.07) is 11.4. The molecule has 0 N–H and O–H groups in total. The van der Waals surface area contributed by atoms with Crippen LogP contribution < -0.4 is 0 Å². The predicted molar refractivity (Wildman–Crippen MR) is 98.0 cm³/mol. The van der Waals surface area contributed by atoms with E-state index in [1.54, 1.807) is 7.11 Å². The van der Waals surface area contributed by atoms with Crippen LogP contribution in [-0.2, 0) is 11.3 Å². The van der Waals surface area contributed by atoms with Crippen LogP contribution in [-0.4, -0.2) is 54.9 Å². The Bertz CT molecular complexity index is 764. The molecule has 1 saturated heterocycles. The molecule has 25 heavy (non-hydrogen) atoms. The van der Waals surface area contributed by atoms with Crippen LogP contribution >= 0.6 is 11.3 Å². The number of amides is 2. The van der Waals surface area contributed by atoms with E-state index in [4.69, 9.17) is 4.74 Å². The summed E-state index contributed by atoms with van der Waals surface area (Å²) in [7, 11) is 1.64. The molecule has 6 heteroatoms. The summed E-state index contributed by atoms with van der Waals surface area (Å²) in [6.45, 7) is 4.74. The minimum Gasteiger partial charge on any atom is -0.380 e. The van der Waals surface area contributed by atoms with E-state index in [2.05, 4.69) is 0 Å². The second kappa shape index (κ2) is 7.80. The zero-order chi connectivity index (χ0) is 17.8. The molecule has 2 aromatic rings. The highest BCUT2D eigenvalue weighted by Gasteiger charge is 2.26. The molecule has 0 aliphatic carbocycles. The predicted octanol–water partition coefficient (Wildman–Crippen LogP) is 2.80. The van der Waals surface area contributed by atoms with Crippen molar-refractivity contribution < 1.29 is 14.3 Å². The Morgan fingerprint density at radius 3 is 2.32 bits per heavy atom. The minimum absolute atomic E-state index is 0.0111. The number of ether oxygens (including phenoxy) is 1. The van der Waals surface area contributed by atoms with Crippen LogP contribution in [0.4, 0.5) is 0 Å². The average Bonchev–Trinajstić information content (AvgIpc) is 3.07. The van der Waals surface area contributed by atoms with Gasteiger partial charge in [0.05, 0.1) is 11.5 Å². The highest BCUT2D eigenvalue weighted by molar-refractivity contribution is 7.13. The number of hydrogen-bond acceptors (Lipinski definition) is 4. The first kappa shape index (κ1) is 17.6. The minimum atomic E-state index is 0.0111. The quantitative estimate of drug-likeness (QED) is 0.844. The van der Waals surface area contributed by atoms with Crippen molar-refractivity contribution in [3.63, 3.8) is 0 Å². The molecule has 0 bridgehead atoms. The number of nitrogens with zero attached hydrogens (tertiary/aromatic N) is 2. The lowest BCUT2D eigenvalue weighted by Crippen LogP contribution is -2.50. The lowest BCUT2D eigenvalue weighted by atomic mass is 10.1. The second-order valence-corrected chi connectivity index (χ2v) is 7.42. The Hall–Kier alpha value is -2.18. The Morgan fingerprint density at radius 2 is 1.72 bits per heavy atom. The van der Waals surface area contributed by atoms with Crippen LogP contribution in [0.2, 0.25) is 0 Å². The molecule has 0 unspecified atom stereocenters. The van der Waals surface area contributed by atoms with Gasteiger partial charge >= 0.3 is 0 Å². The van der Waals surface area contributed by atoms with E-state index in [9.17, 15) is 9.59 Å². The number of aryl methyl sites for hydroxylation is 1. The molecule has 2 amide bonds. The van der Waals surface area contributed by atoms with E-state index < -0.39 is 0 Å². The molecule has 1 fully saturated rings. The van der Waals surface area contributed by atoms with Crippen molar-refractivity contribution in [2.45, 2.75) is 13.5 Å². The molecule has 0 spiro atoms. The maximum Gasteiger partial charge on any atom is 0.264 e.